The summed E-state index contributed by atoms with van der Waals surface area (Å²) < 4.78 is 0. The van der Waals surface area contributed by atoms with Gasteiger partial charge in [-0.2, -0.15) is 0 Å². The van der Waals surface area contributed by atoms with Gasteiger partial charge in [0.05, 0.1) is 0 Å². The Kier molecular flexibility index (Phi) is 7.93. The van der Waals surface area contributed by atoms with Crippen molar-refractivity contribution < 1.29 is 9.59 Å². The summed E-state index contributed by atoms with van der Waals surface area (Å²) in [6, 6.07) is 14.7. The van der Waals surface area contributed by atoms with Crippen molar-refractivity contribution >= 4 is 45.3 Å². The number of nitrogens with one attached hydrogen (secondary N) is 2. The topological polar surface area (TPSA) is 79.0 Å². The maximum atomic E-state index is 13.0. The summed E-state index contributed by atoms with van der Waals surface area (Å²) in [5.74, 6) is 0.813. The van der Waals surface area contributed by atoms with E-state index in [4.69, 9.17) is 11.6 Å². The number of halogens is 1. The number of aromatic amines is 1. The Morgan fingerprint density at radius 1 is 1.10 bits per heavy atom. The quantitative estimate of drug-likeness (QED) is 0.509. The molecule has 0 fully saturated rings. The minimum atomic E-state index is -0.759. The van der Waals surface area contributed by atoms with Crippen LogP contribution < -0.4 is 10.9 Å². The van der Waals surface area contributed by atoms with Crippen LogP contribution in [0.2, 0.25) is 5.02 Å². The molecule has 0 saturated heterocycles. The van der Waals surface area contributed by atoms with Gasteiger partial charge in [0.2, 0.25) is 10.7 Å². The maximum Gasteiger partial charge on any atom is 0.251 e. The average molecular weight is 457 g/mol. The number of H-pyrrole nitrogens is 1. The third kappa shape index (κ3) is 6.45. The Hall–Kier alpha value is -2.57. The van der Waals surface area contributed by atoms with E-state index in [-0.39, 0.29) is 23.0 Å². The van der Waals surface area contributed by atoms with E-state index in [0.29, 0.717) is 27.8 Å². The molecule has 0 bridgehead atoms. The van der Waals surface area contributed by atoms with E-state index < -0.39 is 6.04 Å². The van der Waals surface area contributed by atoms with Crippen LogP contribution in [0.1, 0.15) is 36.2 Å². The number of pyridine rings is 1. The normalized spacial score (nSPS) is 12.1. The molecule has 0 saturated carbocycles. The Bertz CT molecular complexity index is 1130. The smallest absolute Gasteiger partial charge is 0.251 e. The molecule has 7 heteroatoms. The van der Waals surface area contributed by atoms with E-state index in [2.05, 4.69) is 24.1 Å². The molecule has 1 unspecified atom stereocenters. The number of carbonyl (C=O) groups excluding carboxylic acids is 2. The van der Waals surface area contributed by atoms with E-state index >= 15 is 0 Å². The zero-order valence-corrected chi connectivity index (χ0v) is 19.1. The molecule has 31 heavy (non-hydrogen) atoms. The van der Waals surface area contributed by atoms with Crippen molar-refractivity contribution in [2.45, 2.75) is 32.7 Å². The second-order valence-corrected chi connectivity index (χ2v) is 9.33. The lowest BCUT2D eigenvalue weighted by Gasteiger charge is -2.19. The van der Waals surface area contributed by atoms with Gasteiger partial charge in [0.15, 0.2) is 0 Å². The fraction of sp³-hybridized carbons (Fsp3) is 0.292. The Morgan fingerprint density at radius 2 is 1.81 bits per heavy atom. The van der Waals surface area contributed by atoms with Crippen LogP contribution in [0.3, 0.4) is 0 Å². The molecule has 0 aliphatic carbocycles. The first-order valence-electron chi connectivity index (χ1n) is 10.2. The molecule has 0 radical (unpaired) electrons. The molecule has 162 valence electrons. The van der Waals surface area contributed by atoms with Crippen LogP contribution in [-0.2, 0) is 11.2 Å². The first kappa shape index (κ1) is 23.1. The van der Waals surface area contributed by atoms with E-state index in [1.807, 2.05) is 24.3 Å². The molecule has 2 N–H and O–H groups in total. The van der Waals surface area contributed by atoms with Gasteiger partial charge in [0.1, 0.15) is 6.04 Å². The highest BCUT2D eigenvalue weighted by molar-refractivity contribution is 8.13. The Labute approximate surface area is 190 Å². The maximum absolute atomic E-state index is 13.0. The van der Waals surface area contributed by atoms with Crippen LogP contribution in [0.5, 0.6) is 0 Å². The highest BCUT2D eigenvalue weighted by Crippen LogP contribution is 2.20. The van der Waals surface area contributed by atoms with Crippen LogP contribution in [0.25, 0.3) is 10.9 Å². The number of carbonyl (C=O) groups is 2. The molecule has 1 heterocycles. The number of para-hydroxylation sites is 1. The van der Waals surface area contributed by atoms with Gasteiger partial charge >= 0.3 is 0 Å². The number of amides is 1. The second kappa shape index (κ2) is 10.6. The highest BCUT2D eigenvalue weighted by atomic mass is 35.5. The van der Waals surface area contributed by atoms with Crippen molar-refractivity contribution in [1.82, 2.24) is 10.3 Å². The van der Waals surface area contributed by atoms with Gasteiger partial charge in [0.25, 0.3) is 5.91 Å². The fourth-order valence-electron chi connectivity index (χ4n) is 3.20. The third-order valence-electron chi connectivity index (χ3n) is 4.90. The summed E-state index contributed by atoms with van der Waals surface area (Å²) in [6.07, 6.45) is 1.14. The highest BCUT2D eigenvalue weighted by Gasteiger charge is 2.23. The van der Waals surface area contributed by atoms with E-state index in [9.17, 15) is 14.4 Å². The first-order chi connectivity index (χ1) is 14.8. The SMILES string of the molecule is CC(C)CCSC(=O)C(Cc1cc(=O)[nH]c2ccccc12)NC(=O)c1ccc(Cl)cc1. The number of rotatable bonds is 8. The van der Waals surface area contributed by atoms with Gasteiger partial charge in [0, 0.05) is 39.7 Å². The number of fused-ring (bicyclic) bond motifs is 1. The zero-order chi connectivity index (χ0) is 22.4. The molecule has 1 atom stereocenters. The summed E-state index contributed by atoms with van der Waals surface area (Å²) >= 11 is 7.13. The standard InChI is InChI=1S/C24H25ClN2O3S/c1-15(2)11-12-31-24(30)21(27-23(29)16-7-9-18(25)10-8-16)13-17-14-22(28)26-20-6-4-3-5-19(17)20/h3-10,14-15,21H,11-13H2,1-2H3,(H,26,28)(H,27,29). The first-order valence-corrected chi connectivity index (χ1v) is 11.5. The Morgan fingerprint density at radius 3 is 2.52 bits per heavy atom. The lowest BCUT2D eigenvalue weighted by molar-refractivity contribution is -0.112. The number of aromatic nitrogens is 1. The number of benzene rings is 2. The van der Waals surface area contributed by atoms with E-state index in [1.165, 1.54) is 17.8 Å². The number of thioether (sulfide) groups is 1. The minimum Gasteiger partial charge on any atom is -0.341 e. The fourth-order valence-corrected chi connectivity index (χ4v) is 4.46. The summed E-state index contributed by atoms with van der Waals surface area (Å²) in [4.78, 5) is 40.7. The van der Waals surface area contributed by atoms with Crippen molar-refractivity contribution in [3.63, 3.8) is 0 Å². The molecule has 2 aromatic carbocycles. The summed E-state index contributed by atoms with van der Waals surface area (Å²) in [5, 5.41) is 4.13. The van der Waals surface area contributed by atoms with Gasteiger partial charge in [-0.25, -0.2) is 0 Å². The van der Waals surface area contributed by atoms with Crippen LogP contribution >= 0.6 is 23.4 Å². The second-order valence-electron chi connectivity index (χ2n) is 7.79. The van der Waals surface area contributed by atoms with Gasteiger partial charge in [-0.05, 0) is 48.2 Å². The van der Waals surface area contributed by atoms with Crippen LogP contribution in [0.15, 0.2) is 59.4 Å². The third-order valence-corrected chi connectivity index (χ3v) is 6.16. The van der Waals surface area contributed by atoms with Gasteiger partial charge in [-0.15, -0.1) is 0 Å². The lowest BCUT2D eigenvalue weighted by Crippen LogP contribution is -2.41. The molecule has 0 aliphatic rings. The predicted molar refractivity (Wildman–Crippen MR) is 128 cm³/mol. The zero-order valence-electron chi connectivity index (χ0n) is 17.5. The summed E-state index contributed by atoms with van der Waals surface area (Å²) in [5.41, 5.74) is 1.60. The molecule has 3 rings (SSSR count). The molecular weight excluding hydrogens is 432 g/mol. The molecular formula is C24H25ClN2O3S. The number of hydrogen-bond donors (Lipinski definition) is 2. The van der Waals surface area contributed by atoms with Crippen molar-refractivity contribution in [2.24, 2.45) is 5.92 Å². The lowest BCUT2D eigenvalue weighted by atomic mass is 10.0. The molecule has 0 aliphatic heterocycles. The van der Waals surface area contributed by atoms with Crippen molar-refractivity contribution in [1.29, 1.82) is 0 Å². The van der Waals surface area contributed by atoms with Crippen LogP contribution in [0, 0.1) is 5.92 Å². The Balaban J connectivity index is 1.86. The van der Waals surface area contributed by atoms with Crippen molar-refractivity contribution in [3.05, 3.63) is 81.1 Å². The van der Waals surface area contributed by atoms with Gasteiger partial charge in [-0.3, -0.25) is 14.4 Å². The van der Waals surface area contributed by atoms with Gasteiger partial charge < -0.3 is 10.3 Å². The van der Waals surface area contributed by atoms with Crippen molar-refractivity contribution in [2.75, 3.05) is 5.75 Å². The van der Waals surface area contributed by atoms with Crippen LogP contribution in [0.4, 0.5) is 0 Å². The van der Waals surface area contributed by atoms with Crippen LogP contribution in [-0.4, -0.2) is 27.8 Å². The molecule has 0 spiro atoms. The molecule has 1 amide bonds. The molecule has 5 nitrogen and oxygen atoms in total. The summed E-state index contributed by atoms with van der Waals surface area (Å²) in [6.45, 7) is 4.21. The van der Waals surface area contributed by atoms with Gasteiger partial charge in [-0.1, -0.05) is 55.4 Å². The minimum absolute atomic E-state index is 0.118. The molecule has 3 aromatic rings. The number of hydrogen-bond acceptors (Lipinski definition) is 4. The van der Waals surface area contributed by atoms with Crippen molar-refractivity contribution in [3.8, 4) is 0 Å². The monoisotopic (exact) mass is 456 g/mol. The average Bonchev–Trinajstić information content (AvgIpc) is 2.73. The predicted octanol–water partition coefficient (Wildman–Crippen LogP) is 4.83. The molecule has 1 aromatic heterocycles. The van der Waals surface area contributed by atoms with E-state index in [1.54, 1.807) is 24.3 Å². The summed E-state index contributed by atoms with van der Waals surface area (Å²) in [7, 11) is 0. The largest absolute Gasteiger partial charge is 0.341 e. The van der Waals surface area contributed by atoms with E-state index in [0.717, 1.165) is 17.4 Å².